The number of rotatable bonds is 31. The van der Waals surface area contributed by atoms with Crippen LogP contribution in [0.3, 0.4) is 0 Å². The zero-order chi connectivity index (χ0) is 63.9. The highest BCUT2D eigenvalue weighted by molar-refractivity contribution is 7.92. The molecule has 6 aromatic carbocycles. The molecule has 0 spiro atoms. The van der Waals surface area contributed by atoms with Crippen LogP contribution in [0.2, 0.25) is 37.8 Å². The first-order valence-electron chi connectivity index (χ1n) is 27.9. The Morgan fingerprint density at radius 1 is 0.372 bits per heavy atom. The number of sulfone groups is 3. The predicted octanol–water partition coefficient (Wildman–Crippen LogP) is 12.8. The van der Waals surface area contributed by atoms with Gasteiger partial charge in [-0.2, -0.15) is 0 Å². The van der Waals surface area contributed by atoms with Gasteiger partial charge in [-0.25, -0.2) is 29.6 Å². The fraction of sp³-hybridized carbons (Fsp3) is 0.419. The first-order valence-corrected chi connectivity index (χ1v) is 40.1. The van der Waals surface area contributed by atoms with E-state index in [0.717, 1.165) is 30.3 Å². The van der Waals surface area contributed by atoms with E-state index in [-0.39, 0.29) is 54.1 Å². The van der Waals surface area contributed by atoms with Gasteiger partial charge in [-0.05, 0) is 208 Å². The Morgan fingerprint density at radius 3 is 0.919 bits per heavy atom. The third kappa shape index (κ3) is 22.9. The molecule has 0 N–H and O–H groups in total. The van der Waals surface area contributed by atoms with Crippen LogP contribution < -0.4 is 23.7 Å². The summed E-state index contributed by atoms with van der Waals surface area (Å²) in [5.74, 6) is 3.31. The second-order valence-corrected chi connectivity index (χ2v) is 38.0. The highest BCUT2D eigenvalue weighted by Crippen LogP contribution is 2.29. The molecule has 0 fully saturated rings. The first kappa shape index (κ1) is 73.0. The second-order valence-electron chi connectivity index (χ2n) is 21.6. The van der Waals surface area contributed by atoms with Gasteiger partial charge in [0.25, 0.3) is 0 Å². The van der Waals surface area contributed by atoms with E-state index in [4.69, 9.17) is 50.2 Å². The summed E-state index contributed by atoms with van der Waals surface area (Å²) in [6.45, 7) is 17.6. The maximum absolute atomic E-state index is 13.0. The molecule has 17 nitrogen and oxygen atoms in total. The Hall–Kier alpha value is -5.49. The van der Waals surface area contributed by atoms with Crippen molar-refractivity contribution in [3.8, 4) is 28.7 Å². The lowest BCUT2D eigenvalue weighted by molar-refractivity contribution is 0.221. The van der Waals surface area contributed by atoms with Crippen molar-refractivity contribution >= 4 is 55.2 Å². The van der Waals surface area contributed by atoms with Crippen molar-refractivity contribution in [2.24, 2.45) is 17.8 Å². The molecular weight excluding hydrogens is 1220 g/mol. The average molecular weight is 1300 g/mol. The largest absolute Gasteiger partial charge is 0.497 e. The number of hydrogen-bond acceptors (Lipinski definition) is 17. The number of ether oxygens (including phenoxy) is 5. The van der Waals surface area contributed by atoms with Gasteiger partial charge < -0.3 is 50.2 Å². The Balaban J connectivity index is 0.000000277. The van der Waals surface area contributed by atoms with E-state index < -0.39 is 61.0 Å². The first-order chi connectivity index (χ1) is 40.5. The van der Waals surface area contributed by atoms with E-state index in [0.29, 0.717) is 54.1 Å². The molecule has 0 aromatic heterocycles. The van der Waals surface area contributed by atoms with Crippen molar-refractivity contribution in [2.75, 3.05) is 69.6 Å². The molecule has 0 saturated carbocycles. The third-order valence-electron chi connectivity index (χ3n) is 13.9. The molecule has 0 amide bonds. The molecule has 474 valence electrons. The molecule has 0 saturated heterocycles. The van der Waals surface area contributed by atoms with Crippen LogP contribution >= 0.6 is 0 Å². The smallest absolute Gasteiger partial charge is 0.334 e. The summed E-state index contributed by atoms with van der Waals surface area (Å²) < 4.78 is 150. The summed E-state index contributed by atoms with van der Waals surface area (Å²) in [6, 6.07) is 40.0. The molecule has 86 heavy (non-hydrogen) atoms. The number of hydrogen-bond donors (Lipinski definition) is 0. The van der Waals surface area contributed by atoms with Crippen LogP contribution in [0.15, 0.2) is 170 Å². The zero-order valence-corrected chi connectivity index (χ0v) is 57.6. The average Bonchev–Trinajstić information content (AvgIpc) is 2.02. The summed E-state index contributed by atoms with van der Waals surface area (Å²) in [6.07, 6.45) is 0.0304. The van der Waals surface area contributed by atoms with Crippen LogP contribution in [0.1, 0.15) is 40.2 Å². The summed E-state index contributed by atoms with van der Waals surface area (Å²) in [7, 11) is -5.58. The van der Waals surface area contributed by atoms with Crippen LogP contribution in [0.25, 0.3) is 0 Å². The van der Waals surface area contributed by atoms with Crippen LogP contribution in [0.5, 0.6) is 28.7 Å². The second kappa shape index (κ2) is 33.7. The summed E-state index contributed by atoms with van der Waals surface area (Å²) in [5.41, 5.74) is 0.642. The lowest BCUT2D eigenvalue weighted by Gasteiger charge is -2.26. The zero-order valence-electron chi connectivity index (χ0n) is 52.2. The SMILES string of the molecule is CO[Si](C)(CC(C)COc1ccc(CS(=O)(=O)c2ccc(F)cc2)cc1)OC.CO[Si](C)(CC(C)COc1ccc(S(=O)(=O)c2ccc(OC(C)C)cc2)cc1)OC.COc1ccc(S(=O)(=O)c2ccc(OCC(C)C[Si](C)(OC)OC)cc2)cc1. The standard InChI is InChI=1S/C22H32O6SSi.C20H27FO5SSi.C20H28O6SSi/c1-17(2)28-20-9-13-22(14-10-20)29(23,24)21-11-7-19(8-12-21)27-15-18(3)16-30(6,25-4)26-5;1-16(15-28(4,24-2)25-3)13-26-19-9-5-17(6-10-19)14-27(22,23)20-11-7-18(21)8-12-20;1-16(15-28(5,24-3)25-4)14-26-18-8-12-20(13-9-18)27(21,22)19-10-6-17(23-2)7-11-19/h7-14,17-18H,15-16H2,1-6H3;5-12,16H,13-15H2,1-4H3;6-13,16H,14-15H2,1-5H3. The van der Waals surface area contributed by atoms with Crippen LogP contribution in [0.4, 0.5) is 4.39 Å². The Kier molecular flexibility index (Phi) is 28.6. The van der Waals surface area contributed by atoms with Gasteiger partial charge in [0.2, 0.25) is 19.7 Å². The van der Waals surface area contributed by atoms with Crippen molar-refractivity contribution in [3.63, 3.8) is 0 Å². The van der Waals surface area contributed by atoms with Gasteiger partial charge in [-0.1, -0.05) is 32.9 Å². The third-order valence-corrected chi connectivity index (χ3v) is 28.7. The van der Waals surface area contributed by atoms with Crippen LogP contribution in [-0.4, -0.2) is 127 Å². The summed E-state index contributed by atoms with van der Waals surface area (Å²) in [4.78, 5) is 0.991. The predicted molar refractivity (Wildman–Crippen MR) is 338 cm³/mol. The fourth-order valence-electron chi connectivity index (χ4n) is 8.59. The number of methoxy groups -OCH3 is 1. The maximum Gasteiger partial charge on any atom is 0.334 e. The molecule has 24 heteroatoms. The van der Waals surface area contributed by atoms with Gasteiger partial charge in [0.15, 0.2) is 9.84 Å². The van der Waals surface area contributed by atoms with E-state index in [1.54, 1.807) is 152 Å². The van der Waals surface area contributed by atoms with E-state index in [1.807, 2.05) is 33.5 Å². The minimum atomic E-state index is -3.60. The van der Waals surface area contributed by atoms with Gasteiger partial charge in [-0.3, -0.25) is 0 Å². The van der Waals surface area contributed by atoms with Gasteiger partial charge in [0, 0.05) is 42.7 Å². The molecular formula is C62H87FO17S3Si3. The van der Waals surface area contributed by atoms with E-state index in [1.165, 1.54) is 31.4 Å². The van der Waals surface area contributed by atoms with Gasteiger partial charge in [-0.15, -0.1) is 0 Å². The maximum atomic E-state index is 13.0. The summed E-state index contributed by atoms with van der Waals surface area (Å²) >= 11 is 0. The van der Waals surface area contributed by atoms with E-state index in [9.17, 15) is 29.6 Å². The Bertz CT molecular complexity index is 3290. The van der Waals surface area contributed by atoms with Crippen molar-refractivity contribution in [1.29, 1.82) is 0 Å². The topological polar surface area (TPSA) is 204 Å². The monoisotopic (exact) mass is 1300 g/mol. The van der Waals surface area contributed by atoms with Crippen molar-refractivity contribution in [1.82, 2.24) is 0 Å². The minimum Gasteiger partial charge on any atom is -0.497 e. The van der Waals surface area contributed by atoms with Gasteiger partial charge >= 0.3 is 25.7 Å². The highest BCUT2D eigenvalue weighted by atomic mass is 32.2. The molecule has 0 aliphatic rings. The van der Waals surface area contributed by atoms with Gasteiger partial charge in [0.05, 0.1) is 63.3 Å². The van der Waals surface area contributed by atoms with Crippen LogP contribution in [0, 0.1) is 23.6 Å². The molecule has 0 bridgehead atoms. The Labute approximate surface area is 513 Å². The minimum absolute atomic E-state index is 0.0304. The molecule has 6 aromatic rings. The van der Waals surface area contributed by atoms with Crippen molar-refractivity contribution in [2.45, 2.75) is 109 Å². The van der Waals surface area contributed by atoms with Crippen molar-refractivity contribution in [3.05, 3.63) is 157 Å². The molecule has 3 atom stereocenters. The van der Waals surface area contributed by atoms with Crippen molar-refractivity contribution < 1.29 is 79.9 Å². The molecule has 0 radical (unpaired) electrons. The molecule has 3 unspecified atom stereocenters. The molecule has 0 aliphatic carbocycles. The molecule has 0 heterocycles. The quantitative estimate of drug-likeness (QED) is 0.0293. The Morgan fingerprint density at radius 2 is 0.640 bits per heavy atom. The summed E-state index contributed by atoms with van der Waals surface area (Å²) in [5, 5.41) is 0. The van der Waals surface area contributed by atoms with Crippen LogP contribution in [-0.2, 0) is 61.8 Å². The number of benzene rings is 6. The lowest BCUT2D eigenvalue weighted by atomic mass is 10.2. The van der Waals surface area contributed by atoms with E-state index >= 15 is 0 Å². The lowest BCUT2D eigenvalue weighted by Crippen LogP contribution is -2.38. The number of halogens is 1. The normalized spacial score (nSPS) is 13.3. The van der Waals surface area contributed by atoms with E-state index in [2.05, 4.69) is 20.8 Å². The molecule has 0 aliphatic heterocycles. The highest BCUT2D eigenvalue weighted by Gasteiger charge is 2.33. The fourth-order valence-corrected chi connectivity index (χ4v) is 18.1. The molecule has 6 rings (SSSR count). The van der Waals surface area contributed by atoms with Gasteiger partial charge in [0.1, 0.15) is 34.6 Å².